The average Bonchev–Trinajstić information content (AvgIpc) is 2.04. The van der Waals surface area contributed by atoms with E-state index in [1.165, 1.54) is 12.1 Å². The summed E-state index contributed by atoms with van der Waals surface area (Å²) in [5.41, 5.74) is 6.75. The Balaban J connectivity index is 2.52. The standard InChI is InChI=1S/C8H11FN2/c1-10-11-6-7-2-4-8(9)5-3-7/h2-5,10-11H,6H2,1H3. The van der Waals surface area contributed by atoms with Gasteiger partial charge in [-0.1, -0.05) is 12.1 Å². The highest BCUT2D eigenvalue weighted by molar-refractivity contribution is 5.15. The first-order valence-electron chi connectivity index (χ1n) is 3.47. The molecule has 0 fully saturated rings. The minimum Gasteiger partial charge on any atom is -0.261 e. The fourth-order valence-electron chi connectivity index (χ4n) is 0.793. The second-order valence-electron chi connectivity index (χ2n) is 2.23. The molecule has 0 radical (unpaired) electrons. The van der Waals surface area contributed by atoms with Gasteiger partial charge in [-0.25, -0.2) is 4.39 Å². The SMILES string of the molecule is CNNCc1ccc(F)cc1. The van der Waals surface area contributed by atoms with E-state index >= 15 is 0 Å². The molecule has 0 aliphatic heterocycles. The van der Waals surface area contributed by atoms with Gasteiger partial charge in [-0.3, -0.25) is 10.9 Å². The second-order valence-corrected chi connectivity index (χ2v) is 2.23. The number of hydrazine groups is 1. The van der Waals surface area contributed by atoms with Crippen LogP contribution in [0.1, 0.15) is 5.56 Å². The highest BCUT2D eigenvalue weighted by atomic mass is 19.1. The van der Waals surface area contributed by atoms with Crippen molar-refractivity contribution in [1.29, 1.82) is 0 Å². The van der Waals surface area contributed by atoms with Crippen molar-refractivity contribution in [2.45, 2.75) is 6.54 Å². The van der Waals surface area contributed by atoms with Crippen LogP contribution in [0.2, 0.25) is 0 Å². The largest absolute Gasteiger partial charge is 0.261 e. The molecule has 0 heterocycles. The molecule has 1 aromatic rings. The first-order chi connectivity index (χ1) is 5.33. The van der Waals surface area contributed by atoms with Gasteiger partial charge in [0.2, 0.25) is 0 Å². The van der Waals surface area contributed by atoms with Crippen LogP contribution < -0.4 is 10.9 Å². The molecule has 0 atom stereocenters. The topological polar surface area (TPSA) is 24.1 Å². The Morgan fingerprint density at radius 2 is 1.91 bits per heavy atom. The van der Waals surface area contributed by atoms with Gasteiger partial charge in [0.05, 0.1) is 0 Å². The molecule has 0 saturated heterocycles. The van der Waals surface area contributed by atoms with Gasteiger partial charge in [0.15, 0.2) is 0 Å². The molecule has 0 amide bonds. The second kappa shape index (κ2) is 4.05. The van der Waals surface area contributed by atoms with Crippen molar-refractivity contribution in [3.05, 3.63) is 35.6 Å². The first kappa shape index (κ1) is 8.17. The van der Waals surface area contributed by atoms with Crippen LogP contribution in [-0.2, 0) is 6.54 Å². The number of hydrogen-bond donors (Lipinski definition) is 2. The van der Waals surface area contributed by atoms with Gasteiger partial charge in [0, 0.05) is 6.54 Å². The van der Waals surface area contributed by atoms with Crippen LogP contribution in [-0.4, -0.2) is 7.05 Å². The third kappa shape index (κ3) is 2.65. The van der Waals surface area contributed by atoms with E-state index in [4.69, 9.17) is 0 Å². The molecule has 0 aliphatic carbocycles. The summed E-state index contributed by atoms with van der Waals surface area (Å²) >= 11 is 0. The Bertz CT molecular complexity index is 208. The van der Waals surface area contributed by atoms with E-state index in [2.05, 4.69) is 10.9 Å². The minimum absolute atomic E-state index is 0.196. The van der Waals surface area contributed by atoms with E-state index in [0.29, 0.717) is 6.54 Å². The highest BCUT2D eigenvalue weighted by Gasteiger charge is 1.90. The molecular formula is C8H11FN2. The predicted molar refractivity (Wildman–Crippen MR) is 42.3 cm³/mol. The molecule has 0 aromatic heterocycles. The van der Waals surface area contributed by atoms with E-state index < -0.39 is 0 Å². The lowest BCUT2D eigenvalue weighted by Gasteiger charge is -2.01. The van der Waals surface area contributed by atoms with Crippen molar-refractivity contribution in [2.75, 3.05) is 7.05 Å². The molecular weight excluding hydrogens is 143 g/mol. The average molecular weight is 154 g/mol. The molecule has 1 rings (SSSR count). The Hall–Kier alpha value is -0.930. The van der Waals surface area contributed by atoms with Crippen molar-refractivity contribution in [3.63, 3.8) is 0 Å². The fourth-order valence-corrected chi connectivity index (χ4v) is 0.793. The molecule has 2 N–H and O–H groups in total. The fraction of sp³-hybridized carbons (Fsp3) is 0.250. The molecule has 0 aliphatic rings. The maximum absolute atomic E-state index is 12.4. The Kier molecular flexibility index (Phi) is 3.01. The lowest BCUT2D eigenvalue weighted by atomic mass is 10.2. The molecule has 0 saturated carbocycles. The summed E-state index contributed by atoms with van der Waals surface area (Å²) in [5.74, 6) is -0.196. The summed E-state index contributed by atoms with van der Waals surface area (Å²) in [4.78, 5) is 0. The van der Waals surface area contributed by atoms with Crippen molar-refractivity contribution >= 4 is 0 Å². The van der Waals surface area contributed by atoms with Crippen molar-refractivity contribution < 1.29 is 4.39 Å². The van der Waals surface area contributed by atoms with Crippen LogP contribution in [0.25, 0.3) is 0 Å². The number of hydrogen-bond acceptors (Lipinski definition) is 2. The normalized spacial score (nSPS) is 10.0. The lowest BCUT2D eigenvalue weighted by Crippen LogP contribution is -2.26. The third-order valence-corrected chi connectivity index (χ3v) is 1.38. The summed E-state index contributed by atoms with van der Waals surface area (Å²) in [6, 6.07) is 6.40. The van der Waals surface area contributed by atoms with Gasteiger partial charge in [-0.05, 0) is 24.7 Å². The van der Waals surface area contributed by atoms with Crippen LogP contribution in [0.15, 0.2) is 24.3 Å². The quantitative estimate of drug-likeness (QED) is 0.636. The van der Waals surface area contributed by atoms with Gasteiger partial charge < -0.3 is 0 Å². The smallest absolute Gasteiger partial charge is 0.123 e. The Morgan fingerprint density at radius 3 is 2.45 bits per heavy atom. The van der Waals surface area contributed by atoms with Gasteiger partial charge in [0.25, 0.3) is 0 Å². The van der Waals surface area contributed by atoms with E-state index in [1.54, 1.807) is 19.2 Å². The Morgan fingerprint density at radius 1 is 1.27 bits per heavy atom. The highest BCUT2D eigenvalue weighted by Crippen LogP contribution is 2.01. The maximum Gasteiger partial charge on any atom is 0.123 e. The molecule has 1 aromatic carbocycles. The van der Waals surface area contributed by atoms with Crippen molar-refractivity contribution in [2.24, 2.45) is 0 Å². The van der Waals surface area contributed by atoms with Crippen LogP contribution in [0.4, 0.5) is 4.39 Å². The first-order valence-corrected chi connectivity index (χ1v) is 3.47. The van der Waals surface area contributed by atoms with E-state index in [9.17, 15) is 4.39 Å². The van der Waals surface area contributed by atoms with Gasteiger partial charge in [-0.15, -0.1) is 0 Å². The molecule has 0 unspecified atom stereocenters. The van der Waals surface area contributed by atoms with Gasteiger partial charge in [0.1, 0.15) is 5.82 Å². The van der Waals surface area contributed by atoms with Gasteiger partial charge in [-0.2, -0.15) is 0 Å². The van der Waals surface area contributed by atoms with Crippen LogP contribution in [0.5, 0.6) is 0 Å². The summed E-state index contributed by atoms with van der Waals surface area (Å²) in [5, 5.41) is 0. The maximum atomic E-state index is 12.4. The van der Waals surface area contributed by atoms with Crippen molar-refractivity contribution in [1.82, 2.24) is 10.9 Å². The number of rotatable bonds is 3. The summed E-state index contributed by atoms with van der Waals surface area (Å²) < 4.78 is 12.4. The molecule has 60 valence electrons. The van der Waals surface area contributed by atoms with Crippen LogP contribution in [0.3, 0.4) is 0 Å². The van der Waals surface area contributed by atoms with E-state index in [1.807, 2.05) is 0 Å². The van der Waals surface area contributed by atoms with E-state index in [-0.39, 0.29) is 5.82 Å². The monoisotopic (exact) mass is 154 g/mol. The zero-order valence-corrected chi connectivity index (χ0v) is 6.39. The zero-order chi connectivity index (χ0) is 8.10. The molecule has 2 nitrogen and oxygen atoms in total. The molecule has 0 bridgehead atoms. The summed E-state index contributed by atoms with van der Waals surface area (Å²) in [6.45, 7) is 0.705. The van der Waals surface area contributed by atoms with Crippen molar-refractivity contribution in [3.8, 4) is 0 Å². The van der Waals surface area contributed by atoms with Crippen LogP contribution in [0, 0.1) is 5.82 Å². The lowest BCUT2D eigenvalue weighted by molar-refractivity contribution is 0.592. The number of nitrogens with one attached hydrogen (secondary N) is 2. The molecule has 3 heteroatoms. The predicted octanol–water partition coefficient (Wildman–Crippen LogP) is 1.05. The minimum atomic E-state index is -0.196. The third-order valence-electron chi connectivity index (χ3n) is 1.38. The zero-order valence-electron chi connectivity index (χ0n) is 6.39. The molecule has 0 spiro atoms. The Labute approximate surface area is 65.4 Å². The molecule has 11 heavy (non-hydrogen) atoms. The summed E-state index contributed by atoms with van der Waals surface area (Å²) in [6.07, 6.45) is 0. The van der Waals surface area contributed by atoms with Gasteiger partial charge >= 0.3 is 0 Å². The number of halogens is 1. The summed E-state index contributed by atoms with van der Waals surface area (Å²) in [7, 11) is 1.80. The van der Waals surface area contributed by atoms with Crippen LogP contribution >= 0.6 is 0 Å². The number of benzene rings is 1. The van der Waals surface area contributed by atoms with E-state index in [0.717, 1.165) is 5.56 Å².